The molecule has 1 aromatic heterocycles. The van der Waals surface area contributed by atoms with Crippen molar-refractivity contribution in [1.82, 2.24) is 15.6 Å². The standard InChI is InChI=1S/C24H25N5O3/c1-16(2)27-24(32)26-14-17-8-10-18(11-9-17)22(30)28-20-6-3-7-21(13-20)29-23(31)19-5-4-12-25-15-19/h3-13,15-16H,14H2,1-2H3,(H,28,30)(H,29,31)(H2,26,27,32). The fourth-order valence-electron chi connectivity index (χ4n) is 2.85. The molecule has 0 aliphatic carbocycles. The summed E-state index contributed by atoms with van der Waals surface area (Å²) in [6.45, 7) is 4.13. The quantitative estimate of drug-likeness (QED) is 0.456. The first kappa shape index (κ1) is 22.5. The maximum Gasteiger partial charge on any atom is 0.315 e. The van der Waals surface area contributed by atoms with Crippen LogP contribution in [0.1, 0.15) is 40.1 Å². The van der Waals surface area contributed by atoms with E-state index in [9.17, 15) is 14.4 Å². The smallest absolute Gasteiger partial charge is 0.315 e. The van der Waals surface area contributed by atoms with Crippen LogP contribution in [-0.4, -0.2) is 28.9 Å². The predicted octanol–water partition coefficient (Wildman–Crippen LogP) is 3.79. The Labute approximate surface area is 186 Å². The molecule has 8 heteroatoms. The molecule has 0 fully saturated rings. The monoisotopic (exact) mass is 431 g/mol. The van der Waals surface area contributed by atoms with Gasteiger partial charge >= 0.3 is 6.03 Å². The molecule has 0 saturated carbocycles. The number of amides is 4. The van der Waals surface area contributed by atoms with E-state index in [0.29, 0.717) is 29.0 Å². The van der Waals surface area contributed by atoms with E-state index in [0.717, 1.165) is 5.56 Å². The molecule has 3 aromatic rings. The van der Waals surface area contributed by atoms with E-state index in [1.54, 1.807) is 66.9 Å². The van der Waals surface area contributed by atoms with Gasteiger partial charge in [0.2, 0.25) is 0 Å². The molecule has 0 atom stereocenters. The molecule has 4 N–H and O–H groups in total. The average Bonchev–Trinajstić information content (AvgIpc) is 2.78. The number of nitrogens with one attached hydrogen (secondary N) is 4. The fraction of sp³-hybridized carbons (Fsp3) is 0.167. The van der Waals surface area contributed by atoms with Crippen molar-refractivity contribution < 1.29 is 14.4 Å². The molecule has 164 valence electrons. The maximum atomic E-state index is 12.6. The zero-order chi connectivity index (χ0) is 22.9. The first-order chi connectivity index (χ1) is 15.4. The average molecular weight is 431 g/mol. The van der Waals surface area contributed by atoms with Crippen molar-refractivity contribution in [2.24, 2.45) is 0 Å². The van der Waals surface area contributed by atoms with Crippen molar-refractivity contribution in [2.45, 2.75) is 26.4 Å². The van der Waals surface area contributed by atoms with Crippen molar-refractivity contribution in [1.29, 1.82) is 0 Å². The first-order valence-electron chi connectivity index (χ1n) is 10.2. The lowest BCUT2D eigenvalue weighted by Gasteiger charge is -2.11. The molecule has 0 unspecified atom stereocenters. The summed E-state index contributed by atoms with van der Waals surface area (Å²) in [4.78, 5) is 40.5. The molecule has 3 rings (SSSR count). The largest absolute Gasteiger partial charge is 0.336 e. The van der Waals surface area contributed by atoms with Crippen LogP contribution in [0.25, 0.3) is 0 Å². The van der Waals surface area contributed by atoms with Crippen LogP contribution in [-0.2, 0) is 6.54 Å². The number of nitrogens with zero attached hydrogens (tertiary/aromatic N) is 1. The molecular formula is C24H25N5O3. The number of hydrogen-bond acceptors (Lipinski definition) is 4. The Morgan fingerprint density at radius 3 is 2.09 bits per heavy atom. The highest BCUT2D eigenvalue weighted by Gasteiger charge is 2.09. The van der Waals surface area contributed by atoms with Gasteiger partial charge in [-0.25, -0.2) is 4.79 Å². The Kier molecular flexibility index (Phi) is 7.53. The number of anilines is 2. The fourth-order valence-corrected chi connectivity index (χ4v) is 2.85. The topological polar surface area (TPSA) is 112 Å². The number of aromatic nitrogens is 1. The van der Waals surface area contributed by atoms with E-state index < -0.39 is 0 Å². The van der Waals surface area contributed by atoms with E-state index in [-0.39, 0.29) is 23.9 Å². The summed E-state index contributed by atoms with van der Waals surface area (Å²) in [6, 6.07) is 17.0. The Balaban J connectivity index is 1.57. The van der Waals surface area contributed by atoms with Crippen molar-refractivity contribution in [2.75, 3.05) is 10.6 Å². The number of pyridine rings is 1. The second kappa shape index (κ2) is 10.7. The van der Waals surface area contributed by atoms with Gasteiger partial charge in [0.15, 0.2) is 0 Å². The minimum Gasteiger partial charge on any atom is -0.336 e. The van der Waals surface area contributed by atoms with E-state index >= 15 is 0 Å². The van der Waals surface area contributed by atoms with Gasteiger partial charge in [0.05, 0.1) is 5.56 Å². The molecule has 0 aliphatic heterocycles. The van der Waals surface area contributed by atoms with Crippen LogP contribution in [0.3, 0.4) is 0 Å². The number of carbonyl (C=O) groups is 3. The second-order valence-corrected chi connectivity index (χ2v) is 7.41. The molecule has 0 bridgehead atoms. The Hall–Kier alpha value is -4.20. The maximum absolute atomic E-state index is 12.6. The molecule has 32 heavy (non-hydrogen) atoms. The predicted molar refractivity (Wildman–Crippen MR) is 124 cm³/mol. The number of urea groups is 1. The Morgan fingerprint density at radius 1 is 0.844 bits per heavy atom. The number of carbonyl (C=O) groups excluding carboxylic acids is 3. The SMILES string of the molecule is CC(C)NC(=O)NCc1ccc(C(=O)Nc2cccc(NC(=O)c3cccnc3)c2)cc1. The summed E-state index contributed by atoms with van der Waals surface area (Å²) in [6.07, 6.45) is 3.08. The molecule has 2 aromatic carbocycles. The summed E-state index contributed by atoms with van der Waals surface area (Å²) in [5, 5.41) is 11.1. The van der Waals surface area contributed by atoms with Gasteiger partial charge in [0.25, 0.3) is 11.8 Å². The summed E-state index contributed by atoms with van der Waals surface area (Å²) in [5.41, 5.74) is 2.90. The summed E-state index contributed by atoms with van der Waals surface area (Å²) in [5.74, 6) is -0.564. The van der Waals surface area contributed by atoms with E-state index in [4.69, 9.17) is 0 Å². The molecule has 4 amide bonds. The highest BCUT2D eigenvalue weighted by atomic mass is 16.2. The van der Waals surface area contributed by atoms with Crippen molar-refractivity contribution in [3.05, 3.63) is 89.7 Å². The minimum absolute atomic E-state index is 0.0586. The molecule has 0 spiro atoms. The van der Waals surface area contributed by atoms with E-state index in [1.807, 2.05) is 13.8 Å². The van der Waals surface area contributed by atoms with Gasteiger partial charge in [0, 0.05) is 41.9 Å². The third kappa shape index (κ3) is 6.66. The van der Waals surface area contributed by atoms with Crippen LogP contribution in [0.2, 0.25) is 0 Å². The summed E-state index contributed by atoms with van der Waals surface area (Å²) >= 11 is 0. The normalized spacial score (nSPS) is 10.3. The first-order valence-corrected chi connectivity index (χ1v) is 10.2. The Morgan fingerprint density at radius 2 is 1.50 bits per heavy atom. The Bertz CT molecular complexity index is 1080. The highest BCUT2D eigenvalue weighted by molar-refractivity contribution is 6.06. The molecule has 0 aliphatic rings. The molecular weight excluding hydrogens is 406 g/mol. The van der Waals surface area contributed by atoms with Crippen LogP contribution < -0.4 is 21.3 Å². The van der Waals surface area contributed by atoms with E-state index in [1.165, 1.54) is 6.20 Å². The zero-order valence-electron chi connectivity index (χ0n) is 17.9. The lowest BCUT2D eigenvalue weighted by molar-refractivity contribution is 0.101. The minimum atomic E-state index is -0.284. The third-order valence-electron chi connectivity index (χ3n) is 4.39. The third-order valence-corrected chi connectivity index (χ3v) is 4.39. The van der Waals surface area contributed by atoms with Crippen molar-refractivity contribution in [3.8, 4) is 0 Å². The number of rotatable bonds is 7. The van der Waals surface area contributed by atoms with Crippen molar-refractivity contribution in [3.63, 3.8) is 0 Å². The van der Waals surface area contributed by atoms with Gasteiger partial charge in [-0.2, -0.15) is 0 Å². The van der Waals surface area contributed by atoms with Crippen LogP contribution in [0.5, 0.6) is 0 Å². The van der Waals surface area contributed by atoms with Gasteiger partial charge < -0.3 is 21.3 Å². The lowest BCUT2D eigenvalue weighted by atomic mass is 10.1. The molecule has 0 saturated heterocycles. The van der Waals surface area contributed by atoms with Gasteiger partial charge in [0.1, 0.15) is 0 Å². The highest BCUT2D eigenvalue weighted by Crippen LogP contribution is 2.17. The van der Waals surface area contributed by atoms with Gasteiger partial charge in [-0.3, -0.25) is 14.6 Å². The van der Waals surface area contributed by atoms with Crippen LogP contribution >= 0.6 is 0 Å². The second-order valence-electron chi connectivity index (χ2n) is 7.41. The van der Waals surface area contributed by atoms with E-state index in [2.05, 4.69) is 26.3 Å². The lowest BCUT2D eigenvalue weighted by Crippen LogP contribution is -2.39. The van der Waals surface area contributed by atoms with Gasteiger partial charge in [-0.1, -0.05) is 18.2 Å². The molecule has 8 nitrogen and oxygen atoms in total. The van der Waals surface area contributed by atoms with Crippen LogP contribution in [0.4, 0.5) is 16.2 Å². The number of benzene rings is 2. The molecule has 1 heterocycles. The number of hydrogen-bond donors (Lipinski definition) is 4. The summed E-state index contributed by atoms with van der Waals surface area (Å²) in [7, 11) is 0. The van der Waals surface area contributed by atoms with Gasteiger partial charge in [-0.15, -0.1) is 0 Å². The molecule has 0 radical (unpaired) electrons. The van der Waals surface area contributed by atoms with Gasteiger partial charge in [-0.05, 0) is 61.9 Å². The zero-order valence-corrected chi connectivity index (χ0v) is 17.9. The van der Waals surface area contributed by atoms with Crippen LogP contribution in [0, 0.1) is 0 Å². The van der Waals surface area contributed by atoms with Crippen molar-refractivity contribution >= 4 is 29.2 Å². The van der Waals surface area contributed by atoms with Crippen LogP contribution in [0.15, 0.2) is 73.1 Å². The summed E-state index contributed by atoms with van der Waals surface area (Å²) < 4.78 is 0.